The number of rotatable bonds is 5. The average molecular weight is 321 g/mol. The van der Waals surface area contributed by atoms with Gasteiger partial charge < -0.3 is 0 Å². The molecule has 0 aliphatic heterocycles. The summed E-state index contributed by atoms with van der Waals surface area (Å²) in [6, 6.07) is 8.18. The highest BCUT2D eigenvalue weighted by atomic mass is 79.9. The third-order valence-corrected chi connectivity index (χ3v) is 3.82. The summed E-state index contributed by atoms with van der Waals surface area (Å²) in [5, 5.41) is 4.18. The average Bonchev–Trinajstić information content (AvgIpc) is 2.78. The molecule has 0 N–H and O–H groups in total. The van der Waals surface area contributed by atoms with E-state index in [4.69, 9.17) is 0 Å². The smallest absolute Gasteiger partial charge is 0.182 e. The van der Waals surface area contributed by atoms with Gasteiger partial charge in [-0.2, -0.15) is 5.10 Å². The van der Waals surface area contributed by atoms with Crippen LogP contribution in [0.25, 0.3) is 0 Å². The minimum absolute atomic E-state index is 0.134. The van der Waals surface area contributed by atoms with Crippen LogP contribution in [-0.4, -0.2) is 15.6 Å². The van der Waals surface area contributed by atoms with Crippen molar-refractivity contribution in [3.05, 3.63) is 51.8 Å². The second-order valence-electron chi connectivity index (χ2n) is 4.51. The lowest BCUT2D eigenvalue weighted by atomic mass is 10.0. The van der Waals surface area contributed by atoms with Crippen LogP contribution in [-0.2, 0) is 13.0 Å². The van der Waals surface area contributed by atoms with Crippen LogP contribution in [0.5, 0.6) is 0 Å². The molecule has 0 aliphatic rings. The summed E-state index contributed by atoms with van der Waals surface area (Å²) in [6.07, 6.45) is 2.96. The molecule has 3 nitrogen and oxygen atoms in total. The highest BCUT2D eigenvalue weighted by molar-refractivity contribution is 9.10. The van der Waals surface area contributed by atoms with Crippen molar-refractivity contribution in [3.8, 4) is 0 Å². The number of hydrogen-bond donors (Lipinski definition) is 0. The molecule has 1 heterocycles. The Morgan fingerprint density at radius 1 is 1.37 bits per heavy atom. The molecule has 0 fully saturated rings. The molecule has 0 saturated carbocycles. The number of aromatic nitrogens is 2. The van der Waals surface area contributed by atoms with Gasteiger partial charge in [-0.1, -0.05) is 24.3 Å². The topological polar surface area (TPSA) is 34.9 Å². The van der Waals surface area contributed by atoms with E-state index in [1.165, 1.54) is 11.1 Å². The Morgan fingerprint density at radius 2 is 2.11 bits per heavy atom. The van der Waals surface area contributed by atoms with Crippen molar-refractivity contribution in [3.63, 3.8) is 0 Å². The predicted molar refractivity (Wildman–Crippen MR) is 79.4 cm³/mol. The largest absolute Gasteiger partial charge is 0.292 e. The lowest BCUT2D eigenvalue weighted by molar-refractivity contribution is 0.0971. The Balaban J connectivity index is 2.10. The van der Waals surface area contributed by atoms with Crippen molar-refractivity contribution in [1.29, 1.82) is 0 Å². The van der Waals surface area contributed by atoms with Crippen LogP contribution >= 0.6 is 15.9 Å². The first-order chi connectivity index (χ1) is 9.13. The zero-order chi connectivity index (χ0) is 13.8. The maximum absolute atomic E-state index is 12.3. The Hall–Kier alpha value is -1.42. The van der Waals surface area contributed by atoms with Gasteiger partial charge in [0, 0.05) is 13.0 Å². The molecule has 0 radical (unpaired) electrons. The highest BCUT2D eigenvalue weighted by Crippen LogP contribution is 2.19. The maximum atomic E-state index is 12.3. The molecule has 1 aromatic heterocycles. The van der Waals surface area contributed by atoms with E-state index >= 15 is 0 Å². The van der Waals surface area contributed by atoms with E-state index in [1.54, 1.807) is 10.9 Å². The molecule has 1 aromatic carbocycles. The van der Waals surface area contributed by atoms with Gasteiger partial charge >= 0.3 is 0 Å². The number of carbonyl (C=O) groups is 1. The van der Waals surface area contributed by atoms with Crippen LogP contribution in [0.15, 0.2) is 34.9 Å². The van der Waals surface area contributed by atoms with E-state index in [0.717, 1.165) is 10.9 Å². The summed E-state index contributed by atoms with van der Waals surface area (Å²) < 4.78 is 2.52. The number of Topliss-reactive ketones (excluding diaryl/α,β-unsaturated/α-hetero) is 1. The summed E-state index contributed by atoms with van der Waals surface area (Å²) in [7, 11) is 0. The van der Waals surface area contributed by atoms with Crippen LogP contribution in [0.2, 0.25) is 0 Å². The summed E-state index contributed by atoms with van der Waals surface area (Å²) in [5.41, 5.74) is 3.14. The Kier molecular flexibility index (Phi) is 4.53. The van der Waals surface area contributed by atoms with E-state index < -0.39 is 0 Å². The highest BCUT2D eigenvalue weighted by Gasteiger charge is 2.16. The van der Waals surface area contributed by atoms with E-state index in [2.05, 4.69) is 40.1 Å². The lowest BCUT2D eigenvalue weighted by Gasteiger charge is -2.07. The van der Waals surface area contributed by atoms with Crippen LogP contribution in [0.3, 0.4) is 0 Å². The number of ketones is 1. The predicted octanol–water partition coefficient (Wildman–Crippen LogP) is 3.79. The first-order valence-electron chi connectivity index (χ1n) is 6.42. The number of hydrogen-bond acceptors (Lipinski definition) is 2. The van der Waals surface area contributed by atoms with Crippen molar-refractivity contribution in [2.45, 2.75) is 33.2 Å². The molecule has 2 aromatic rings. The Morgan fingerprint density at radius 3 is 2.79 bits per heavy atom. The fourth-order valence-electron chi connectivity index (χ4n) is 2.14. The molecule has 100 valence electrons. The molecule has 0 bridgehead atoms. The van der Waals surface area contributed by atoms with Crippen molar-refractivity contribution in [1.82, 2.24) is 9.78 Å². The summed E-state index contributed by atoms with van der Waals surface area (Å²) in [6.45, 7) is 4.76. The number of carbonyl (C=O) groups excluding carboxylic acids is 1. The van der Waals surface area contributed by atoms with Crippen LogP contribution in [0.4, 0.5) is 0 Å². The van der Waals surface area contributed by atoms with Gasteiger partial charge in [-0.3, -0.25) is 9.48 Å². The molecule has 4 heteroatoms. The van der Waals surface area contributed by atoms with Crippen molar-refractivity contribution in [2.24, 2.45) is 0 Å². The maximum Gasteiger partial charge on any atom is 0.182 e. The van der Waals surface area contributed by atoms with Crippen LogP contribution in [0, 0.1) is 6.92 Å². The monoisotopic (exact) mass is 320 g/mol. The van der Waals surface area contributed by atoms with Crippen molar-refractivity contribution >= 4 is 21.7 Å². The van der Waals surface area contributed by atoms with Gasteiger partial charge in [-0.05, 0) is 47.3 Å². The molecule has 0 spiro atoms. The number of benzene rings is 1. The van der Waals surface area contributed by atoms with E-state index in [1.807, 2.05) is 19.1 Å². The molecule has 19 heavy (non-hydrogen) atoms. The Labute approximate surface area is 121 Å². The minimum Gasteiger partial charge on any atom is -0.292 e. The van der Waals surface area contributed by atoms with E-state index in [-0.39, 0.29) is 5.78 Å². The van der Waals surface area contributed by atoms with Gasteiger partial charge in [0.1, 0.15) is 5.69 Å². The van der Waals surface area contributed by atoms with Gasteiger partial charge in [0.25, 0.3) is 0 Å². The van der Waals surface area contributed by atoms with Gasteiger partial charge in [0.2, 0.25) is 0 Å². The standard InChI is InChI=1S/C15H17BrN2O/c1-3-18-15(13(16)10-17-18)14(19)9-8-12-7-5-4-6-11(12)2/h4-7,10H,3,8-9H2,1-2H3. The van der Waals surface area contributed by atoms with Crippen molar-refractivity contribution in [2.75, 3.05) is 0 Å². The number of halogens is 1. The van der Waals surface area contributed by atoms with Gasteiger partial charge in [0.05, 0.1) is 10.7 Å². The molecule has 0 unspecified atom stereocenters. The molecule has 0 amide bonds. The van der Waals surface area contributed by atoms with Gasteiger partial charge in [-0.25, -0.2) is 0 Å². The van der Waals surface area contributed by atoms with Gasteiger partial charge in [-0.15, -0.1) is 0 Å². The first-order valence-corrected chi connectivity index (χ1v) is 7.21. The Bertz CT molecular complexity index is 590. The third kappa shape index (κ3) is 3.13. The third-order valence-electron chi connectivity index (χ3n) is 3.24. The fraction of sp³-hybridized carbons (Fsp3) is 0.333. The molecule has 0 atom stereocenters. The number of aryl methyl sites for hydroxylation is 3. The SMILES string of the molecule is CCn1ncc(Br)c1C(=O)CCc1ccccc1C. The molecular weight excluding hydrogens is 304 g/mol. The zero-order valence-corrected chi connectivity index (χ0v) is 12.8. The molecule has 0 aliphatic carbocycles. The van der Waals surface area contributed by atoms with Gasteiger partial charge in [0.15, 0.2) is 5.78 Å². The normalized spacial score (nSPS) is 10.7. The van der Waals surface area contributed by atoms with E-state index in [9.17, 15) is 4.79 Å². The van der Waals surface area contributed by atoms with E-state index in [0.29, 0.717) is 18.7 Å². The fourth-order valence-corrected chi connectivity index (χ4v) is 2.65. The lowest BCUT2D eigenvalue weighted by Crippen LogP contribution is -2.11. The summed E-state index contributed by atoms with van der Waals surface area (Å²) in [4.78, 5) is 12.3. The zero-order valence-electron chi connectivity index (χ0n) is 11.2. The molecule has 0 saturated heterocycles. The quantitative estimate of drug-likeness (QED) is 0.785. The molecular formula is C15H17BrN2O. The minimum atomic E-state index is 0.134. The second-order valence-corrected chi connectivity index (χ2v) is 5.36. The first kappa shape index (κ1) is 14.0. The molecule has 2 rings (SSSR count). The second kappa shape index (κ2) is 6.15. The van der Waals surface area contributed by atoms with Crippen LogP contribution in [0.1, 0.15) is 35.0 Å². The summed E-state index contributed by atoms with van der Waals surface area (Å²) in [5.74, 6) is 0.134. The number of nitrogens with zero attached hydrogens (tertiary/aromatic N) is 2. The van der Waals surface area contributed by atoms with Crippen molar-refractivity contribution < 1.29 is 4.79 Å². The van der Waals surface area contributed by atoms with Crippen LogP contribution < -0.4 is 0 Å². The summed E-state index contributed by atoms with van der Waals surface area (Å²) >= 11 is 3.40.